The topological polar surface area (TPSA) is 99.2 Å². The fraction of sp³-hybridized carbons (Fsp3) is 0.286. The number of benzene rings is 1. The third-order valence-electron chi connectivity index (χ3n) is 4.16. The fourth-order valence-electron chi connectivity index (χ4n) is 2.61. The van der Waals surface area contributed by atoms with Gasteiger partial charge < -0.3 is 14.2 Å². The molecule has 0 spiro atoms. The number of nitrogens with zero attached hydrogens (tertiary/aromatic N) is 1. The Kier molecular flexibility index (Phi) is 8.52. The Hall–Kier alpha value is -2.98. The largest absolute Gasteiger partial charge is 0.466 e. The van der Waals surface area contributed by atoms with Crippen molar-refractivity contribution in [2.45, 2.75) is 20.4 Å². The molecule has 0 saturated carbocycles. The predicted octanol–water partition coefficient (Wildman–Crippen LogP) is 2.44. The molecule has 0 radical (unpaired) electrons. The summed E-state index contributed by atoms with van der Waals surface area (Å²) < 4.78 is 14.5. The predicted molar refractivity (Wildman–Crippen MR) is 118 cm³/mol. The smallest absolute Gasteiger partial charge is 0.340 e. The van der Waals surface area contributed by atoms with Crippen LogP contribution in [0.1, 0.15) is 18.1 Å². The lowest BCUT2D eigenvalue weighted by molar-refractivity contribution is -0.141. The van der Waals surface area contributed by atoms with E-state index >= 15 is 0 Å². The van der Waals surface area contributed by atoms with Gasteiger partial charge in [0.25, 0.3) is 5.91 Å². The number of carbonyl (C=O) groups excluding carboxylic acids is 4. The molecular weight excluding hydrogens is 442 g/mol. The van der Waals surface area contributed by atoms with Crippen LogP contribution in [-0.2, 0) is 39.9 Å². The van der Waals surface area contributed by atoms with Crippen molar-refractivity contribution in [3.8, 4) is 0 Å². The number of ether oxygens (including phenoxy) is 3. The minimum atomic E-state index is -1.00. The second kappa shape index (κ2) is 10.9. The van der Waals surface area contributed by atoms with Crippen LogP contribution in [0.25, 0.3) is 0 Å². The molecule has 1 aliphatic heterocycles. The van der Waals surface area contributed by atoms with E-state index in [1.54, 1.807) is 6.92 Å². The van der Waals surface area contributed by atoms with Gasteiger partial charge in [0, 0.05) is 6.08 Å². The van der Waals surface area contributed by atoms with E-state index in [2.05, 4.69) is 4.74 Å². The number of hydrogen-bond acceptors (Lipinski definition) is 9. The van der Waals surface area contributed by atoms with Crippen LogP contribution in [0.15, 0.2) is 46.4 Å². The van der Waals surface area contributed by atoms with Gasteiger partial charge in [-0.1, -0.05) is 53.8 Å². The highest BCUT2D eigenvalue weighted by atomic mass is 32.2. The molecule has 1 amide bonds. The maximum Gasteiger partial charge on any atom is 0.340 e. The van der Waals surface area contributed by atoms with E-state index in [1.807, 2.05) is 31.2 Å². The molecule has 2 rings (SSSR count). The molecule has 0 N–H and O–H groups in total. The van der Waals surface area contributed by atoms with Crippen molar-refractivity contribution < 1.29 is 33.4 Å². The van der Waals surface area contributed by atoms with Gasteiger partial charge in [0.2, 0.25) is 0 Å². The van der Waals surface area contributed by atoms with Gasteiger partial charge in [-0.15, -0.1) is 0 Å². The molecule has 31 heavy (non-hydrogen) atoms. The average molecular weight is 464 g/mol. The summed E-state index contributed by atoms with van der Waals surface area (Å²) in [5.41, 5.74) is 1.04. The quantitative estimate of drug-likeness (QED) is 0.261. The van der Waals surface area contributed by atoms with Gasteiger partial charge in [0.05, 0.1) is 43.4 Å². The van der Waals surface area contributed by atoms with Gasteiger partial charge in [0.1, 0.15) is 4.32 Å². The summed E-state index contributed by atoms with van der Waals surface area (Å²) in [5.74, 6) is -3.45. The summed E-state index contributed by atoms with van der Waals surface area (Å²) in [6, 6.07) is 7.53. The zero-order valence-corrected chi connectivity index (χ0v) is 19.1. The van der Waals surface area contributed by atoms with Gasteiger partial charge in [0.15, 0.2) is 0 Å². The molecule has 1 aromatic rings. The Morgan fingerprint density at radius 2 is 1.74 bits per heavy atom. The summed E-state index contributed by atoms with van der Waals surface area (Å²) in [6.45, 7) is 3.68. The van der Waals surface area contributed by atoms with Crippen LogP contribution < -0.4 is 0 Å². The van der Waals surface area contributed by atoms with Gasteiger partial charge in [-0.25, -0.2) is 14.4 Å². The standard InChI is InChI=1S/C21H21NO7S2/c1-5-29-20(26)16(14(19(25)28-4)10-15(23)27-3)17-18(24)22(21(30)31-17)11-13-8-6-12(2)7-9-13/h6-10H,5,11H2,1-4H3. The maximum atomic E-state index is 13.2. The molecule has 164 valence electrons. The first-order valence-corrected chi connectivity index (χ1v) is 10.3. The van der Waals surface area contributed by atoms with Crippen LogP contribution in [0.3, 0.4) is 0 Å². The highest BCUT2D eigenvalue weighted by Crippen LogP contribution is 2.37. The van der Waals surface area contributed by atoms with Gasteiger partial charge in [-0.3, -0.25) is 9.69 Å². The van der Waals surface area contributed by atoms with E-state index in [0.29, 0.717) is 0 Å². The first kappa shape index (κ1) is 24.3. The van der Waals surface area contributed by atoms with Crippen molar-refractivity contribution in [3.05, 3.63) is 57.5 Å². The molecule has 0 aromatic heterocycles. The first-order chi connectivity index (χ1) is 14.7. The molecule has 0 bridgehead atoms. The monoisotopic (exact) mass is 463 g/mol. The van der Waals surface area contributed by atoms with Gasteiger partial charge in [-0.05, 0) is 19.4 Å². The summed E-state index contributed by atoms with van der Waals surface area (Å²) in [4.78, 5) is 51.2. The number of aryl methyl sites for hydroxylation is 1. The van der Waals surface area contributed by atoms with Crippen LogP contribution >= 0.6 is 24.0 Å². The Labute approximate surface area is 189 Å². The number of carbonyl (C=O) groups is 4. The summed E-state index contributed by atoms with van der Waals surface area (Å²) in [7, 11) is 2.19. The van der Waals surface area contributed by atoms with Crippen molar-refractivity contribution in [3.63, 3.8) is 0 Å². The normalized spacial score (nSPS) is 15.6. The molecule has 8 nitrogen and oxygen atoms in total. The number of rotatable bonds is 7. The average Bonchev–Trinajstić information content (AvgIpc) is 3.02. The number of hydrogen-bond donors (Lipinski definition) is 0. The van der Waals surface area contributed by atoms with Crippen molar-refractivity contribution in [2.75, 3.05) is 20.8 Å². The molecule has 10 heteroatoms. The molecular formula is C21H21NO7S2. The van der Waals surface area contributed by atoms with E-state index in [-0.39, 0.29) is 22.4 Å². The SMILES string of the molecule is CCOC(=O)C(C(=CC(=O)OC)C(=O)OC)=C1SC(=S)N(Cc2ccc(C)cc2)C1=O. The minimum Gasteiger partial charge on any atom is -0.466 e. The molecule has 1 saturated heterocycles. The highest BCUT2D eigenvalue weighted by molar-refractivity contribution is 8.26. The van der Waals surface area contributed by atoms with Crippen molar-refractivity contribution >= 4 is 52.1 Å². The third kappa shape index (κ3) is 5.80. The summed E-state index contributed by atoms with van der Waals surface area (Å²) >= 11 is 6.18. The van der Waals surface area contributed by atoms with Gasteiger partial charge in [-0.2, -0.15) is 0 Å². The van der Waals surface area contributed by atoms with Gasteiger partial charge >= 0.3 is 17.9 Å². The van der Waals surface area contributed by atoms with Crippen LogP contribution in [0.4, 0.5) is 0 Å². The zero-order chi connectivity index (χ0) is 23.1. The molecule has 0 aliphatic carbocycles. The fourth-order valence-corrected chi connectivity index (χ4v) is 3.93. The number of methoxy groups -OCH3 is 2. The lowest BCUT2D eigenvalue weighted by Crippen LogP contribution is -2.28. The third-order valence-corrected chi connectivity index (χ3v) is 5.60. The molecule has 0 unspecified atom stereocenters. The van der Waals surface area contributed by atoms with Crippen LogP contribution in [-0.4, -0.2) is 53.9 Å². The number of amides is 1. The van der Waals surface area contributed by atoms with Crippen molar-refractivity contribution in [1.29, 1.82) is 0 Å². The summed E-state index contributed by atoms with van der Waals surface area (Å²) in [6.07, 6.45) is 0.782. The second-order valence-corrected chi connectivity index (χ2v) is 7.89. The van der Waals surface area contributed by atoms with Crippen LogP contribution in [0.5, 0.6) is 0 Å². The lowest BCUT2D eigenvalue weighted by Gasteiger charge is -2.15. The first-order valence-electron chi connectivity index (χ1n) is 9.12. The maximum absolute atomic E-state index is 13.2. The molecule has 0 atom stereocenters. The lowest BCUT2D eigenvalue weighted by atomic mass is 10.0. The van der Waals surface area contributed by atoms with E-state index in [0.717, 1.165) is 43.2 Å². The van der Waals surface area contributed by atoms with Crippen molar-refractivity contribution in [2.24, 2.45) is 0 Å². The molecule has 1 aromatic carbocycles. The highest BCUT2D eigenvalue weighted by Gasteiger charge is 2.39. The number of thioether (sulfide) groups is 1. The Balaban J connectivity index is 2.57. The van der Waals surface area contributed by atoms with E-state index in [4.69, 9.17) is 21.7 Å². The van der Waals surface area contributed by atoms with E-state index in [1.165, 1.54) is 4.90 Å². The zero-order valence-electron chi connectivity index (χ0n) is 17.4. The molecule has 1 fully saturated rings. The Bertz CT molecular complexity index is 980. The minimum absolute atomic E-state index is 0.0152. The van der Waals surface area contributed by atoms with Crippen LogP contribution in [0.2, 0.25) is 0 Å². The van der Waals surface area contributed by atoms with Crippen LogP contribution in [0, 0.1) is 6.92 Å². The number of thiocarbonyl (C=S) groups is 1. The molecule has 1 heterocycles. The Morgan fingerprint density at radius 1 is 1.10 bits per heavy atom. The van der Waals surface area contributed by atoms with Crippen molar-refractivity contribution in [1.82, 2.24) is 4.90 Å². The summed E-state index contributed by atoms with van der Waals surface area (Å²) in [5, 5.41) is 0. The second-order valence-electron chi connectivity index (χ2n) is 6.24. The van der Waals surface area contributed by atoms with E-state index in [9.17, 15) is 19.2 Å². The Morgan fingerprint density at radius 3 is 2.29 bits per heavy atom. The van der Waals surface area contributed by atoms with E-state index < -0.39 is 35.0 Å². The molecule has 1 aliphatic rings. The number of esters is 3.